The Morgan fingerprint density at radius 2 is 1.62 bits per heavy atom. The summed E-state index contributed by atoms with van der Waals surface area (Å²) in [5.74, 6) is 0.171. The Hall–Kier alpha value is -2.57. The van der Waals surface area contributed by atoms with Crippen molar-refractivity contribution in [1.82, 2.24) is 9.80 Å². The third-order valence-corrected chi connectivity index (χ3v) is 3.84. The number of carbonyl (C=O) groups excluding carboxylic acids is 3. The summed E-state index contributed by atoms with van der Waals surface area (Å²) in [4.78, 5) is 38.7. The first-order valence-corrected chi connectivity index (χ1v) is 8.05. The molecule has 1 aromatic rings. The van der Waals surface area contributed by atoms with E-state index in [1.54, 1.807) is 34.1 Å². The summed E-state index contributed by atoms with van der Waals surface area (Å²) in [7, 11) is 0. The average molecular weight is 333 g/mol. The first-order chi connectivity index (χ1) is 11.5. The second kappa shape index (κ2) is 8.33. The van der Waals surface area contributed by atoms with Crippen LogP contribution < -0.4 is 10.1 Å². The zero-order valence-corrected chi connectivity index (χ0v) is 14.1. The number of amides is 3. The number of benzene rings is 1. The van der Waals surface area contributed by atoms with Crippen LogP contribution in [0.25, 0.3) is 0 Å². The molecule has 7 nitrogen and oxygen atoms in total. The number of piperazine rings is 1. The van der Waals surface area contributed by atoms with Gasteiger partial charge in [-0.2, -0.15) is 0 Å². The molecule has 0 bridgehead atoms. The molecular formula is C17H23N3O4. The van der Waals surface area contributed by atoms with Crippen molar-refractivity contribution in [2.24, 2.45) is 0 Å². The molecule has 1 aromatic carbocycles. The third-order valence-electron chi connectivity index (χ3n) is 3.84. The lowest BCUT2D eigenvalue weighted by Gasteiger charge is -2.34. The fourth-order valence-electron chi connectivity index (χ4n) is 2.53. The molecule has 130 valence electrons. The van der Waals surface area contributed by atoms with Gasteiger partial charge < -0.3 is 19.9 Å². The predicted octanol–water partition coefficient (Wildman–Crippen LogP) is 1.10. The van der Waals surface area contributed by atoms with Crippen molar-refractivity contribution in [3.8, 4) is 5.75 Å². The molecule has 24 heavy (non-hydrogen) atoms. The number of nitrogens with zero attached hydrogens (tertiary/aromatic N) is 2. The lowest BCUT2D eigenvalue weighted by atomic mass is 10.2. The number of rotatable bonds is 5. The monoisotopic (exact) mass is 333 g/mol. The minimum Gasteiger partial charge on any atom is -0.494 e. The van der Waals surface area contributed by atoms with E-state index in [2.05, 4.69) is 5.32 Å². The fraction of sp³-hybridized carbons (Fsp3) is 0.471. The van der Waals surface area contributed by atoms with Crippen LogP contribution in [0.5, 0.6) is 5.75 Å². The zero-order chi connectivity index (χ0) is 17.5. The van der Waals surface area contributed by atoms with E-state index >= 15 is 0 Å². The maximum atomic E-state index is 12.2. The fourth-order valence-corrected chi connectivity index (χ4v) is 2.53. The van der Waals surface area contributed by atoms with Gasteiger partial charge in [0, 0.05) is 38.8 Å². The van der Waals surface area contributed by atoms with Crippen molar-refractivity contribution in [2.45, 2.75) is 20.3 Å². The Balaban J connectivity index is 1.79. The number of nitrogens with one attached hydrogen (secondary N) is 1. The molecule has 0 aromatic heterocycles. The van der Waals surface area contributed by atoms with E-state index in [1.807, 2.05) is 6.92 Å². The number of carbonyl (C=O) groups is 3. The van der Waals surface area contributed by atoms with Crippen molar-refractivity contribution in [1.29, 1.82) is 0 Å². The lowest BCUT2D eigenvalue weighted by Crippen LogP contribution is -2.50. The van der Waals surface area contributed by atoms with Gasteiger partial charge in [-0.1, -0.05) is 0 Å². The predicted molar refractivity (Wildman–Crippen MR) is 89.7 cm³/mol. The van der Waals surface area contributed by atoms with Crippen molar-refractivity contribution in [3.05, 3.63) is 24.3 Å². The van der Waals surface area contributed by atoms with Crippen molar-refractivity contribution >= 4 is 23.4 Å². The van der Waals surface area contributed by atoms with E-state index in [4.69, 9.17) is 4.74 Å². The van der Waals surface area contributed by atoms with E-state index in [0.717, 1.165) is 5.75 Å². The van der Waals surface area contributed by atoms with Crippen LogP contribution in [0.2, 0.25) is 0 Å². The van der Waals surface area contributed by atoms with Crippen LogP contribution in [0.1, 0.15) is 20.3 Å². The molecule has 7 heteroatoms. The summed E-state index contributed by atoms with van der Waals surface area (Å²) in [6.45, 7) is 5.96. The Kier molecular flexibility index (Phi) is 6.17. The van der Waals surface area contributed by atoms with Gasteiger partial charge in [0.05, 0.1) is 6.61 Å². The molecule has 0 unspecified atom stereocenters. The smallest absolute Gasteiger partial charge is 0.233 e. The highest BCUT2D eigenvalue weighted by molar-refractivity contribution is 6.03. The summed E-state index contributed by atoms with van der Waals surface area (Å²) in [6.07, 6.45) is -0.201. The van der Waals surface area contributed by atoms with Gasteiger partial charge in [-0.3, -0.25) is 14.4 Å². The van der Waals surface area contributed by atoms with Gasteiger partial charge in [-0.15, -0.1) is 0 Å². The maximum absolute atomic E-state index is 12.2. The highest BCUT2D eigenvalue weighted by Gasteiger charge is 2.23. The van der Waals surface area contributed by atoms with Gasteiger partial charge in [-0.05, 0) is 31.2 Å². The molecule has 1 aliphatic heterocycles. The number of anilines is 1. The van der Waals surface area contributed by atoms with Gasteiger partial charge >= 0.3 is 0 Å². The van der Waals surface area contributed by atoms with Crippen LogP contribution in [-0.4, -0.2) is 60.3 Å². The Morgan fingerprint density at radius 1 is 1.04 bits per heavy atom. The van der Waals surface area contributed by atoms with E-state index in [1.165, 1.54) is 6.92 Å². The highest BCUT2D eigenvalue weighted by atomic mass is 16.5. The molecular weight excluding hydrogens is 310 g/mol. The average Bonchev–Trinajstić information content (AvgIpc) is 2.57. The first kappa shape index (κ1) is 17.8. The van der Waals surface area contributed by atoms with Crippen molar-refractivity contribution in [2.75, 3.05) is 38.1 Å². The molecule has 1 N–H and O–H groups in total. The minimum absolute atomic E-state index is 0.00958. The molecule has 0 atom stereocenters. The molecule has 0 aliphatic carbocycles. The van der Waals surface area contributed by atoms with Gasteiger partial charge in [-0.25, -0.2) is 0 Å². The third kappa shape index (κ3) is 4.97. The second-order valence-electron chi connectivity index (χ2n) is 5.57. The normalized spacial score (nSPS) is 14.2. The van der Waals surface area contributed by atoms with Crippen molar-refractivity contribution < 1.29 is 19.1 Å². The van der Waals surface area contributed by atoms with Gasteiger partial charge in [0.2, 0.25) is 17.7 Å². The summed E-state index contributed by atoms with van der Waals surface area (Å²) in [5.41, 5.74) is 0.623. The van der Waals surface area contributed by atoms with Crippen LogP contribution in [0.4, 0.5) is 5.69 Å². The largest absolute Gasteiger partial charge is 0.494 e. The van der Waals surface area contributed by atoms with Gasteiger partial charge in [0.25, 0.3) is 0 Å². The molecule has 1 fully saturated rings. The van der Waals surface area contributed by atoms with Crippen LogP contribution in [0.15, 0.2) is 24.3 Å². The van der Waals surface area contributed by atoms with E-state index in [9.17, 15) is 14.4 Å². The number of hydrogen-bond donors (Lipinski definition) is 1. The van der Waals surface area contributed by atoms with Crippen LogP contribution >= 0.6 is 0 Å². The molecule has 3 amide bonds. The SMILES string of the molecule is CCOc1ccc(NC(=O)CC(=O)N2CCN(C(C)=O)CC2)cc1. The van der Waals surface area contributed by atoms with Crippen molar-refractivity contribution in [3.63, 3.8) is 0 Å². The Morgan fingerprint density at radius 3 is 2.17 bits per heavy atom. The number of ether oxygens (including phenoxy) is 1. The van der Waals surface area contributed by atoms with Crippen LogP contribution in [0, 0.1) is 0 Å². The van der Waals surface area contributed by atoms with E-state index < -0.39 is 0 Å². The Bertz CT molecular complexity index is 592. The standard InChI is InChI=1S/C17H23N3O4/c1-3-24-15-6-4-14(5-7-15)18-16(22)12-17(23)20-10-8-19(9-11-20)13(2)21/h4-7H,3,8-12H2,1-2H3,(H,18,22). The van der Waals surface area contributed by atoms with Gasteiger partial charge in [0.15, 0.2) is 0 Å². The minimum atomic E-state index is -0.349. The zero-order valence-electron chi connectivity index (χ0n) is 14.1. The van der Waals surface area contributed by atoms with Gasteiger partial charge in [0.1, 0.15) is 12.2 Å². The highest BCUT2D eigenvalue weighted by Crippen LogP contribution is 2.16. The summed E-state index contributed by atoms with van der Waals surface area (Å²) in [5, 5.41) is 2.70. The quantitative estimate of drug-likeness (QED) is 0.819. The topological polar surface area (TPSA) is 79.0 Å². The van der Waals surface area contributed by atoms with E-state index in [-0.39, 0.29) is 24.1 Å². The maximum Gasteiger partial charge on any atom is 0.233 e. The molecule has 1 heterocycles. The summed E-state index contributed by atoms with van der Waals surface area (Å²) >= 11 is 0. The molecule has 1 aliphatic rings. The summed E-state index contributed by atoms with van der Waals surface area (Å²) < 4.78 is 5.33. The molecule has 1 saturated heterocycles. The summed E-state index contributed by atoms with van der Waals surface area (Å²) in [6, 6.07) is 7.00. The Labute approximate surface area is 141 Å². The van der Waals surface area contributed by atoms with E-state index in [0.29, 0.717) is 38.5 Å². The number of hydrogen-bond acceptors (Lipinski definition) is 4. The molecule has 2 rings (SSSR count). The first-order valence-electron chi connectivity index (χ1n) is 8.05. The lowest BCUT2D eigenvalue weighted by molar-refractivity contribution is -0.140. The molecule has 0 radical (unpaired) electrons. The van der Waals surface area contributed by atoms with Crippen LogP contribution in [0.3, 0.4) is 0 Å². The second-order valence-corrected chi connectivity index (χ2v) is 5.57. The van der Waals surface area contributed by atoms with Crippen LogP contribution in [-0.2, 0) is 14.4 Å². The molecule has 0 spiro atoms. The molecule has 0 saturated carbocycles.